The highest BCUT2D eigenvalue weighted by Gasteiger charge is 2.53. The zero-order valence-corrected chi connectivity index (χ0v) is 37.8. The van der Waals surface area contributed by atoms with Crippen LogP contribution in [0.5, 0.6) is 92.0 Å². The van der Waals surface area contributed by atoms with E-state index in [-0.39, 0.29) is 6.07 Å². The number of carbonyl (C=O) groups excluding carboxylic acids is 4. The second kappa shape index (κ2) is 16.2. The summed E-state index contributed by atoms with van der Waals surface area (Å²) in [5.74, 6) is -32.3. The minimum absolute atomic E-state index is 0.231. The van der Waals surface area contributed by atoms with Crippen molar-refractivity contribution < 1.29 is 139 Å². The Bertz CT molecular complexity index is 4280. The average molecular weight is 1080 g/mol. The van der Waals surface area contributed by atoms with Crippen LogP contribution in [0.4, 0.5) is 0 Å². The Labute approximate surface area is 424 Å². The largest absolute Gasteiger partial charge is 0.504 e. The summed E-state index contributed by atoms with van der Waals surface area (Å²) in [6.07, 6.45) is -14.2. The van der Waals surface area contributed by atoms with Gasteiger partial charge in [0.1, 0.15) is 18.8 Å². The molecule has 4 aliphatic rings. The molecule has 2 aromatic heterocycles. The Morgan fingerprint density at radius 3 is 1.17 bits per heavy atom. The van der Waals surface area contributed by atoms with Gasteiger partial charge in [-0.3, -0.25) is 0 Å². The molecule has 0 saturated heterocycles. The molecule has 6 aromatic carbocycles. The molecule has 12 rings (SSSR count). The molecular weight excluding hydrogens is 1060 g/mol. The number of ether oxygens (including phenoxy) is 4. The fourth-order valence-electron chi connectivity index (χ4n) is 9.96. The normalized spacial score (nSPS) is 19.1. The van der Waals surface area contributed by atoms with E-state index in [4.69, 9.17) is 27.8 Å². The van der Waals surface area contributed by atoms with Crippen molar-refractivity contribution in [3.63, 3.8) is 0 Å². The van der Waals surface area contributed by atoms with Crippen molar-refractivity contribution in [2.24, 2.45) is 0 Å². The first-order valence-electron chi connectivity index (χ1n) is 21.7. The highest BCUT2D eigenvalue weighted by molar-refractivity contribution is 6.29. The van der Waals surface area contributed by atoms with E-state index in [1.54, 1.807) is 0 Å². The number of aliphatic hydroxyl groups excluding tert-OH is 2. The topological polar surface area (TPSA) is 530 Å². The molecule has 400 valence electrons. The van der Waals surface area contributed by atoms with E-state index in [1.165, 1.54) is 0 Å². The molecule has 78 heavy (non-hydrogen) atoms. The van der Waals surface area contributed by atoms with Gasteiger partial charge in [0.05, 0.1) is 33.0 Å². The maximum absolute atomic E-state index is 15.0. The zero-order valence-electron chi connectivity index (χ0n) is 37.8. The van der Waals surface area contributed by atoms with Gasteiger partial charge >= 0.3 is 35.1 Å². The van der Waals surface area contributed by atoms with Crippen LogP contribution in [0, 0.1) is 0 Å². The van der Waals surface area contributed by atoms with Gasteiger partial charge in [-0.15, -0.1) is 0 Å². The number of rotatable bonds is 1. The Morgan fingerprint density at radius 1 is 0.346 bits per heavy atom. The van der Waals surface area contributed by atoms with Gasteiger partial charge in [-0.25, -0.2) is 28.8 Å². The molecule has 0 radical (unpaired) electrons. The number of cyclic esters (lactones) is 2. The summed E-state index contributed by atoms with van der Waals surface area (Å²) in [4.78, 5) is 86.4. The number of aromatic hydroxyl groups is 16. The van der Waals surface area contributed by atoms with Crippen LogP contribution in [0.1, 0.15) is 53.1 Å². The van der Waals surface area contributed by atoms with Crippen LogP contribution >= 0.6 is 0 Å². The van der Waals surface area contributed by atoms with Gasteiger partial charge in [0.25, 0.3) is 0 Å². The number of esters is 4. The fourth-order valence-corrected chi connectivity index (χ4v) is 9.96. The lowest BCUT2D eigenvalue weighted by molar-refractivity contribution is -0.153. The molecule has 6 heterocycles. The highest BCUT2D eigenvalue weighted by atomic mass is 16.6. The molecule has 0 saturated carbocycles. The Morgan fingerprint density at radius 2 is 0.718 bits per heavy atom. The van der Waals surface area contributed by atoms with E-state index in [2.05, 4.69) is 0 Å². The molecule has 5 atom stereocenters. The third-order valence-electron chi connectivity index (χ3n) is 13.4. The summed E-state index contributed by atoms with van der Waals surface area (Å²) in [5, 5.41) is 198. The van der Waals surface area contributed by atoms with E-state index >= 15 is 0 Å². The minimum Gasteiger partial charge on any atom is -0.504 e. The molecule has 10 bridgehead atoms. The van der Waals surface area contributed by atoms with Crippen LogP contribution in [0.25, 0.3) is 66.1 Å². The fraction of sp³-hybridized carbons (Fsp3) is 0.125. The van der Waals surface area contributed by atoms with Crippen LogP contribution in [0.2, 0.25) is 0 Å². The molecule has 0 amide bonds. The first-order valence-corrected chi connectivity index (χ1v) is 21.7. The monoisotopic (exact) mass is 1080 g/mol. The van der Waals surface area contributed by atoms with Crippen molar-refractivity contribution in [2.75, 3.05) is 6.61 Å². The number of carbonyl (C=O) groups is 4. The molecule has 30 nitrogen and oxygen atoms in total. The van der Waals surface area contributed by atoms with Crippen LogP contribution in [-0.4, -0.2) is 147 Å². The molecule has 3 unspecified atom stereocenters. The van der Waals surface area contributed by atoms with Crippen molar-refractivity contribution in [3.05, 3.63) is 66.9 Å². The molecule has 0 aliphatic carbocycles. The van der Waals surface area contributed by atoms with Crippen molar-refractivity contribution in [2.45, 2.75) is 30.5 Å². The van der Waals surface area contributed by atoms with Crippen molar-refractivity contribution in [1.29, 1.82) is 0 Å². The standard InChI is InChI=1S/C48H28O30/c49-8-1-5-12(27(56)24(8)53)15-20-18-19-21(47(71)76-39(18)36(65)31(15)60)16(32(61)37(66)40(19)75-46(20)70)13-6(2-9(50)25(54)28(13)57)44(68)74-38(11(52)4-73-43(5)67)42-41-34(63)23-22(48(72)77-41)17(30(59)35(64)33(23)62)14-7(45(69)78-42)3-10(51)26(55)29(14)58/h1-3,11,34,38,41-42,49-66H,4H2/t11?,34?,38-,41?,42+/m1/s1. The van der Waals surface area contributed by atoms with E-state index in [1.807, 2.05) is 0 Å². The smallest absolute Gasteiger partial charge is 0.345 e. The number of phenolic OH excluding ortho intramolecular Hbond substituents is 16. The quantitative estimate of drug-likeness (QED) is 0.0365. The van der Waals surface area contributed by atoms with Gasteiger partial charge in [0, 0.05) is 49.7 Å². The number of phenols is 16. The van der Waals surface area contributed by atoms with E-state index in [0.717, 1.165) is 0 Å². The van der Waals surface area contributed by atoms with E-state index in [9.17, 15) is 121 Å². The number of fused-ring (bicyclic) bond motifs is 7. The summed E-state index contributed by atoms with van der Waals surface area (Å²) in [7, 11) is 0. The molecule has 30 heteroatoms. The van der Waals surface area contributed by atoms with Gasteiger partial charge in [0.2, 0.25) is 34.5 Å². The van der Waals surface area contributed by atoms with Gasteiger partial charge in [0.15, 0.2) is 87.0 Å². The lowest BCUT2D eigenvalue weighted by Crippen LogP contribution is -2.55. The molecule has 8 aromatic rings. The van der Waals surface area contributed by atoms with Crippen LogP contribution in [-0.2, 0) is 18.9 Å². The third kappa shape index (κ3) is 6.24. The predicted octanol–water partition coefficient (Wildman–Crippen LogP) is 1.65. The predicted molar refractivity (Wildman–Crippen MR) is 245 cm³/mol. The zero-order chi connectivity index (χ0) is 56.5. The van der Waals surface area contributed by atoms with Gasteiger partial charge in [-0.1, -0.05) is 0 Å². The van der Waals surface area contributed by atoms with Crippen molar-refractivity contribution in [3.8, 4) is 125 Å². The maximum Gasteiger partial charge on any atom is 0.345 e. The second-order valence-electron chi connectivity index (χ2n) is 17.6. The highest BCUT2D eigenvalue weighted by Crippen LogP contribution is 2.60. The van der Waals surface area contributed by atoms with E-state index in [0.29, 0.717) is 12.1 Å². The summed E-state index contributed by atoms with van der Waals surface area (Å²) >= 11 is 0. The van der Waals surface area contributed by atoms with Crippen LogP contribution in [0.15, 0.2) is 36.6 Å². The van der Waals surface area contributed by atoms with Gasteiger partial charge in [-0.2, -0.15) is 0 Å². The first-order chi connectivity index (χ1) is 36.7. The van der Waals surface area contributed by atoms with Crippen molar-refractivity contribution >= 4 is 56.6 Å². The van der Waals surface area contributed by atoms with E-state index < -0.39 is 258 Å². The SMILES string of the molecule is O=C1O[C@@H]([C@@H]2OC(=O)c3cc(O)c(O)c(O)c3-c3c(O)c(O)c4oc(=O)c5c(c(O)c(O)c6oc(=O)c3c4c65)-c3c(cc(O)c(O)c3O)C(=O)OCC2O)C2OC(=O)c3c(c(O)c(O)c(O)c3C2O)-c2c1cc(O)c(O)c2O. The molecular formula is C48H28O30. The summed E-state index contributed by atoms with van der Waals surface area (Å²) < 4.78 is 32.5. The lowest BCUT2D eigenvalue weighted by Gasteiger charge is -2.40. The first kappa shape index (κ1) is 49.1. The minimum atomic E-state index is -2.97. The third-order valence-corrected chi connectivity index (χ3v) is 13.4. The van der Waals surface area contributed by atoms with Crippen LogP contribution in [0.3, 0.4) is 0 Å². The molecule has 18 N–H and O–H groups in total. The van der Waals surface area contributed by atoms with Crippen molar-refractivity contribution in [1.82, 2.24) is 0 Å². The molecule has 0 spiro atoms. The van der Waals surface area contributed by atoms with Gasteiger partial charge < -0.3 is 120 Å². The lowest BCUT2D eigenvalue weighted by atomic mass is 9.82. The molecule has 0 fully saturated rings. The number of benzene rings is 6. The Kier molecular flexibility index (Phi) is 10.2. The maximum atomic E-state index is 15.0. The molecule has 4 aliphatic heterocycles. The second-order valence-corrected chi connectivity index (χ2v) is 17.6. The number of hydrogen-bond donors (Lipinski definition) is 18. The average Bonchev–Trinajstić information content (AvgIpc) is 3.06. The summed E-state index contributed by atoms with van der Waals surface area (Å²) in [6, 6.07) is 0.884. The number of hydrogen-bond acceptors (Lipinski definition) is 30. The summed E-state index contributed by atoms with van der Waals surface area (Å²) in [5.41, 5.74) is -19.6. The van der Waals surface area contributed by atoms with Crippen LogP contribution < -0.4 is 11.3 Å². The summed E-state index contributed by atoms with van der Waals surface area (Å²) in [6.45, 7) is -1.68. The Balaban J connectivity index is 1.24. The number of aliphatic hydroxyl groups is 2. The Hall–Kier alpha value is -11.1. The van der Waals surface area contributed by atoms with Gasteiger partial charge in [-0.05, 0) is 18.2 Å².